The van der Waals surface area contributed by atoms with Gasteiger partial charge in [-0.05, 0) is 52.2 Å². The Morgan fingerprint density at radius 3 is 2.22 bits per heavy atom. The predicted molar refractivity (Wildman–Crippen MR) is 87.2 cm³/mol. The number of hydrogen-bond acceptors (Lipinski definition) is 1. The summed E-state index contributed by atoms with van der Waals surface area (Å²) in [4.78, 5) is 2.60. The third-order valence-corrected chi connectivity index (χ3v) is 4.75. The molecule has 0 amide bonds. The van der Waals surface area contributed by atoms with Gasteiger partial charge in [0.05, 0.1) is 0 Å². The Hall–Kier alpha value is -1.00. The Balaban J connectivity index is 2.12. The average molecular weight is 362 g/mol. The van der Waals surface area contributed by atoms with Crippen molar-refractivity contribution >= 4 is 45.1 Å². The lowest BCUT2D eigenvalue weighted by molar-refractivity contribution is 1.43. The monoisotopic (exact) mass is 362 g/mol. The van der Waals surface area contributed by atoms with Gasteiger partial charge in [0.2, 0.25) is 0 Å². The zero-order valence-corrected chi connectivity index (χ0v) is 12.6. The summed E-state index contributed by atoms with van der Waals surface area (Å²) < 4.78 is 1.31. The SMILES string of the molecule is Ic1cccc2cccc(Sc3ccccc3)c12. The lowest BCUT2D eigenvalue weighted by Gasteiger charge is -2.08. The highest BCUT2D eigenvalue weighted by atomic mass is 127. The molecule has 0 aliphatic heterocycles. The Morgan fingerprint density at radius 2 is 1.44 bits per heavy atom. The number of hydrogen-bond donors (Lipinski definition) is 0. The van der Waals surface area contributed by atoms with E-state index in [0.29, 0.717) is 0 Å². The van der Waals surface area contributed by atoms with Gasteiger partial charge >= 0.3 is 0 Å². The minimum atomic E-state index is 1.28. The van der Waals surface area contributed by atoms with Crippen molar-refractivity contribution in [3.63, 3.8) is 0 Å². The van der Waals surface area contributed by atoms with E-state index in [1.807, 2.05) is 11.8 Å². The maximum Gasteiger partial charge on any atom is 0.0220 e. The van der Waals surface area contributed by atoms with Crippen LogP contribution in [-0.4, -0.2) is 0 Å². The van der Waals surface area contributed by atoms with Crippen molar-refractivity contribution in [1.82, 2.24) is 0 Å². The van der Waals surface area contributed by atoms with E-state index in [1.54, 1.807) is 0 Å². The van der Waals surface area contributed by atoms with Crippen LogP contribution in [-0.2, 0) is 0 Å². The van der Waals surface area contributed by atoms with Crippen molar-refractivity contribution in [2.24, 2.45) is 0 Å². The molecule has 0 heterocycles. The molecule has 2 heteroatoms. The summed E-state index contributed by atoms with van der Waals surface area (Å²) in [5, 5.41) is 2.66. The van der Waals surface area contributed by atoms with Crippen LogP contribution in [0, 0.1) is 3.57 Å². The lowest BCUT2D eigenvalue weighted by Crippen LogP contribution is -1.81. The number of fused-ring (bicyclic) bond motifs is 1. The molecule has 0 spiro atoms. The standard InChI is InChI=1S/C16H11IS/c17-14-10-4-6-12-7-5-11-15(16(12)14)18-13-8-2-1-3-9-13/h1-11H. The summed E-state index contributed by atoms with van der Waals surface area (Å²) in [5.74, 6) is 0. The van der Waals surface area contributed by atoms with Gasteiger partial charge in [0, 0.05) is 18.7 Å². The van der Waals surface area contributed by atoms with Gasteiger partial charge in [0.15, 0.2) is 0 Å². The largest absolute Gasteiger partial charge is 0.0894 e. The molecular formula is C16H11IS. The first-order chi connectivity index (χ1) is 8.84. The highest BCUT2D eigenvalue weighted by Crippen LogP contribution is 2.35. The van der Waals surface area contributed by atoms with E-state index in [4.69, 9.17) is 0 Å². The number of rotatable bonds is 2. The summed E-state index contributed by atoms with van der Waals surface area (Å²) in [6.07, 6.45) is 0. The summed E-state index contributed by atoms with van der Waals surface area (Å²) in [5.41, 5.74) is 0. The average Bonchev–Trinajstić information content (AvgIpc) is 2.40. The zero-order chi connectivity index (χ0) is 12.4. The number of benzene rings is 3. The Kier molecular flexibility index (Phi) is 3.57. The van der Waals surface area contributed by atoms with Crippen LogP contribution < -0.4 is 0 Å². The molecule has 3 aromatic rings. The molecule has 0 aromatic heterocycles. The first-order valence-electron chi connectivity index (χ1n) is 5.75. The van der Waals surface area contributed by atoms with Crippen molar-refractivity contribution < 1.29 is 0 Å². The van der Waals surface area contributed by atoms with Crippen LogP contribution in [0.15, 0.2) is 76.5 Å². The molecule has 3 rings (SSSR count). The van der Waals surface area contributed by atoms with Gasteiger partial charge in [0.25, 0.3) is 0 Å². The summed E-state index contributed by atoms with van der Waals surface area (Å²) >= 11 is 4.24. The van der Waals surface area contributed by atoms with Crippen LogP contribution in [0.4, 0.5) is 0 Å². The maximum absolute atomic E-state index is 2.41. The molecule has 88 valence electrons. The van der Waals surface area contributed by atoms with E-state index in [-0.39, 0.29) is 0 Å². The van der Waals surface area contributed by atoms with Gasteiger partial charge in [-0.25, -0.2) is 0 Å². The minimum absolute atomic E-state index is 1.28. The molecule has 0 nitrogen and oxygen atoms in total. The second-order valence-electron chi connectivity index (χ2n) is 4.01. The molecule has 0 saturated heterocycles. The van der Waals surface area contributed by atoms with Gasteiger partial charge in [-0.3, -0.25) is 0 Å². The predicted octanol–water partition coefficient (Wildman–Crippen LogP) is 5.60. The van der Waals surface area contributed by atoms with Gasteiger partial charge < -0.3 is 0 Å². The zero-order valence-electron chi connectivity index (χ0n) is 9.64. The normalized spacial score (nSPS) is 10.7. The third-order valence-electron chi connectivity index (χ3n) is 2.79. The molecule has 0 unspecified atom stereocenters. The van der Waals surface area contributed by atoms with Crippen molar-refractivity contribution in [2.45, 2.75) is 9.79 Å². The van der Waals surface area contributed by atoms with Crippen LogP contribution in [0.2, 0.25) is 0 Å². The van der Waals surface area contributed by atoms with E-state index in [0.717, 1.165) is 0 Å². The molecule has 3 aromatic carbocycles. The molecule has 18 heavy (non-hydrogen) atoms. The fraction of sp³-hybridized carbons (Fsp3) is 0. The molecule has 0 radical (unpaired) electrons. The molecule has 0 fully saturated rings. The van der Waals surface area contributed by atoms with Gasteiger partial charge in [-0.2, -0.15) is 0 Å². The van der Waals surface area contributed by atoms with Crippen molar-refractivity contribution in [2.75, 3.05) is 0 Å². The minimum Gasteiger partial charge on any atom is -0.0894 e. The summed E-state index contributed by atoms with van der Waals surface area (Å²) in [6.45, 7) is 0. The molecule has 0 saturated carbocycles. The highest BCUT2D eigenvalue weighted by Gasteiger charge is 2.05. The lowest BCUT2D eigenvalue weighted by atomic mass is 10.1. The van der Waals surface area contributed by atoms with Crippen molar-refractivity contribution in [3.05, 3.63) is 70.3 Å². The second kappa shape index (κ2) is 5.33. The molecule has 0 aliphatic carbocycles. The summed E-state index contributed by atoms with van der Waals surface area (Å²) in [7, 11) is 0. The van der Waals surface area contributed by atoms with E-state index in [9.17, 15) is 0 Å². The van der Waals surface area contributed by atoms with Crippen LogP contribution in [0.1, 0.15) is 0 Å². The first kappa shape index (κ1) is 12.1. The molecule has 0 N–H and O–H groups in total. The topological polar surface area (TPSA) is 0 Å². The Morgan fingerprint density at radius 1 is 0.722 bits per heavy atom. The molecule has 0 atom stereocenters. The smallest absolute Gasteiger partial charge is 0.0220 e. The maximum atomic E-state index is 2.41. The molecular weight excluding hydrogens is 351 g/mol. The van der Waals surface area contributed by atoms with Crippen LogP contribution in [0.3, 0.4) is 0 Å². The highest BCUT2D eigenvalue weighted by molar-refractivity contribution is 14.1. The molecule has 0 aliphatic rings. The van der Waals surface area contributed by atoms with Crippen LogP contribution >= 0.6 is 34.4 Å². The van der Waals surface area contributed by atoms with E-state index < -0.39 is 0 Å². The van der Waals surface area contributed by atoms with E-state index in [2.05, 4.69) is 89.3 Å². The van der Waals surface area contributed by atoms with Gasteiger partial charge in [-0.15, -0.1) is 0 Å². The first-order valence-corrected chi connectivity index (χ1v) is 7.64. The Labute approximate surface area is 125 Å². The van der Waals surface area contributed by atoms with Gasteiger partial charge in [0.1, 0.15) is 0 Å². The molecule has 0 bridgehead atoms. The van der Waals surface area contributed by atoms with Crippen molar-refractivity contribution in [3.8, 4) is 0 Å². The van der Waals surface area contributed by atoms with Crippen molar-refractivity contribution in [1.29, 1.82) is 0 Å². The van der Waals surface area contributed by atoms with E-state index >= 15 is 0 Å². The van der Waals surface area contributed by atoms with Crippen LogP contribution in [0.5, 0.6) is 0 Å². The second-order valence-corrected chi connectivity index (χ2v) is 6.29. The number of halogens is 1. The quantitative estimate of drug-likeness (QED) is 0.535. The third kappa shape index (κ3) is 2.40. The fourth-order valence-corrected chi connectivity index (χ4v) is 3.98. The fourth-order valence-electron chi connectivity index (χ4n) is 1.96. The summed E-state index contributed by atoms with van der Waals surface area (Å²) in [6, 6.07) is 23.5. The van der Waals surface area contributed by atoms with Crippen LogP contribution in [0.25, 0.3) is 10.8 Å². The van der Waals surface area contributed by atoms with E-state index in [1.165, 1.54) is 24.1 Å². The Bertz CT molecular complexity index is 672. The van der Waals surface area contributed by atoms with Gasteiger partial charge in [-0.1, -0.05) is 54.2 Å².